The van der Waals surface area contributed by atoms with E-state index in [0.717, 1.165) is 17.4 Å². The van der Waals surface area contributed by atoms with Crippen molar-refractivity contribution in [3.05, 3.63) is 60.0 Å². The van der Waals surface area contributed by atoms with Crippen molar-refractivity contribution >= 4 is 21.5 Å². The summed E-state index contributed by atoms with van der Waals surface area (Å²) < 4.78 is 0. The number of aromatic nitrogens is 1. The van der Waals surface area contributed by atoms with E-state index in [1.807, 2.05) is 24.4 Å². The summed E-state index contributed by atoms with van der Waals surface area (Å²) in [5, 5.41) is 0.860. The van der Waals surface area contributed by atoms with Crippen molar-refractivity contribution in [1.29, 1.82) is 0 Å². The molecule has 1 aromatic heterocycles. The highest BCUT2D eigenvalue weighted by atomic mass is 79.9. The van der Waals surface area contributed by atoms with Crippen LogP contribution < -0.4 is 0 Å². The molecule has 1 aromatic rings. The van der Waals surface area contributed by atoms with Gasteiger partial charge in [-0.1, -0.05) is 47.7 Å². The summed E-state index contributed by atoms with van der Waals surface area (Å²) in [4.78, 5) is 4.39. The van der Waals surface area contributed by atoms with E-state index in [1.165, 1.54) is 16.7 Å². The lowest BCUT2D eigenvalue weighted by atomic mass is 10.1. The zero-order chi connectivity index (χ0) is 12.7. The Bertz CT molecular complexity index is 444. The van der Waals surface area contributed by atoms with E-state index < -0.39 is 0 Å². The van der Waals surface area contributed by atoms with E-state index in [9.17, 15) is 0 Å². The van der Waals surface area contributed by atoms with Gasteiger partial charge in [-0.15, -0.1) is 0 Å². The van der Waals surface area contributed by atoms with Crippen molar-refractivity contribution in [3.8, 4) is 0 Å². The molecule has 0 aliphatic carbocycles. The van der Waals surface area contributed by atoms with Crippen molar-refractivity contribution in [2.24, 2.45) is 0 Å². The molecule has 0 radical (unpaired) electrons. The third kappa shape index (κ3) is 4.31. The molecule has 90 valence electrons. The molecule has 0 spiro atoms. The lowest BCUT2D eigenvalue weighted by Gasteiger charge is -2.04. The molecule has 0 N–H and O–H groups in total. The molecule has 2 heteroatoms. The van der Waals surface area contributed by atoms with Crippen LogP contribution in [0.3, 0.4) is 0 Å². The fraction of sp³-hybridized carbons (Fsp3) is 0.267. The van der Waals surface area contributed by atoms with E-state index >= 15 is 0 Å². The SMILES string of the molecule is C=C/C=C(\C=C(/C)c1cc(CBr)ccn1)CC. The summed E-state index contributed by atoms with van der Waals surface area (Å²) >= 11 is 3.46. The second-order valence-electron chi connectivity index (χ2n) is 3.84. The van der Waals surface area contributed by atoms with Crippen LogP contribution in [-0.2, 0) is 5.33 Å². The van der Waals surface area contributed by atoms with Crippen LogP contribution in [0.25, 0.3) is 5.57 Å². The van der Waals surface area contributed by atoms with Crippen molar-refractivity contribution in [3.63, 3.8) is 0 Å². The van der Waals surface area contributed by atoms with Crippen LogP contribution in [0.2, 0.25) is 0 Å². The van der Waals surface area contributed by atoms with Crippen molar-refractivity contribution in [2.75, 3.05) is 0 Å². The van der Waals surface area contributed by atoms with Crippen LogP contribution in [0.5, 0.6) is 0 Å². The van der Waals surface area contributed by atoms with Gasteiger partial charge in [-0.05, 0) is 42.2 Å². The Morgan fingerprint density at radius 1 is 1.53 bits per heavy atom. The van der Waals surface area contributed by atoms with Gasteiger partial charge in [0.1, 0.15) is 0 Å². The van der Waals surface area contributed by atoms with Crippen LogP contribution >= 0.6 is 15.9 Å². The molecule has 0 aliphatic heterocycles. The zero-order valence-corrected chi connectivity index (χ0v) is 12.0. The standard InChI is InChI=1S/C15H18BrN/c1-4-6-13(5-2)9-12(3)15-10-14(11-16)7-8-17-15/h4,6-10H,1,5,11H2,2-3H3/b12-9+,13-6-. The molecule has 0 bridgehead atoms. The maximum absolute atomic E-state index is 4.39. The Hall–Kier alpha value is -1.15. The van der Waals surface area contributed by atoms with Crippen LogP contribution in [0.1, 0.15) is 31.5 Å². The molecular formula is C15H18BrN. The van der Waals surface area contributed by atoms with Gasteiger partial charge in [0.2, 0.25) is 0 Å². The normalized spacial score (nSPS) is 12.6. The molecule has 0 aliphatic rings. The monoisotopic (exact) mass is 291 g/mol. The van der Waals surface area contributed by atoms with Crippen LogP contribution in [0, 0.1) is 0 Å². The third-order valence-corrected chi connectivity index (χ3v) is 3.17. The zero-order valence-electron chi connectivity index (χ0n) is 10.4. The number of hydrogen-bond acceptors (Lipinski definition) is 1. The molecule has 0 saturated carbocycles. The van der Waals surface area contributed by atoms with Gasteiger partial charge in [0.25, 0.3) is 0 Å². The smallest absolute Gasteiger partial charge is 0.0661 e. The fourth-order valence-electron chi connectivity index (χ4n) is 1.54. The molecular weight excluding hydrogens is 274 g/mol. The molecule has 1 rings (SSSR count). The number of hydrogen-bond donors (Lipinski definition) is 0. The Morgan fingerprint density at radius 2 is 2.29 bits per heavy atom. The second kappa shape index (κ2) is 7.23. The summed E-state index contributed by atoms with van der Waals surface area (Å²) in [5.74, 6) is 0. The number of pyridine rings is 1. The maximum Gasteiger partial charge on any atom is 0.0661 e. The van der Waals surface area contributed by atoms with Gasteiger partial charge < -0.3 is 0 Å². The van der Waals surface area contributed by atoms with E-state index in [1.54, 1.807) is 0 Å². The minimum atomic E-state index is 0.860. The summed E-state index contributed by atoms with van der Waals surface area (Å²) in [7, 11) is 0. The van der Waals surface area contributed by atoms with Gasteiger partial charge in [0.05, 0.1) is 5.69 Å². The van der Waals surface area contributed by atoms with Gasteiger partial charge in [-0.3, -0.25) is 4.98 Å². The summed E-state index contributed by atoms with van der Waals surface area (Å²) in [6.07, 6.45) is 8.89. The van der Waals surface area contributed by atoms with Crippen molar-refractivity contribution in [1.82, 2.24) is 4.98 Å². The largest absolute Gasteiger partial charge is 0.257 e. The first kappa shape index (κ1) is 13.9. The fourth-order valence-corrected chi connectivity index (χ4v) is 1.89. The van der Waals surface area contributed by atoms with Gasteiger partial charge in [-0.25, -0.2) is 0 Å². The number of allylic oxidation sites excluding steroid dienone is 5. The second-order valence-corrected chi connectivity index (χ2v) is 4.40. The minimum absolute atomic E-state index is 0.860. The van der Waals surface area contributed by atoms with E-state index in [2.05, 4.69) is 53.5 Å². The van der Waals surface area contributed by atoms with Crippen LogP contribution in [-0.4, -0.2) is 4.98 Å². The highest BCUT2D eigenvalue weighted by Crippen LogP contribution is 2.17. The predicted octanol–water partition coefficient (Wildman–Crippen LogP) is 4.90. The first-order valence-electron chi connectivity index (χ1n) is 5.72. The minimum Gasteiger partial charge on any atom is -0.257 e. The average Bonchev–Trinajstić information content (AvgIpc) is 2.38. The van der Waals surface area contributed by atoms with E-state index in [4.69, 9.17) is 0 Å². The summed E-state index contributed by atoms with van der Waals surface area (Å²) in [6, 6.07) is 4.13. The van der Waals surface area contributed by atoms with Gasteiger partial charge >= 0.3 is 0 Å². The van der Waals surface area contributed by atoms with E-state index in [-0.39, 0.29) is 0 Å². The molecule has 1 heterocycles. The summed E-state index contributed by atoms with van der Waals surface area (Å²) in [5.41, 5.74) is 4.73. The molecule has 0 aromatic carbocycles. The highest BCUT2D eigenvalue weighted by Gasteiger charge is 1.99. The van der Waals surface area contributed by atoms with Crippen molar-refractivity contribution < 1.29 is 0 Å². The molecule has 1 nitrogen and oxygen atoms in total. The Morgan fingerprint density at radius 3 is 2.88 bits per heavy atom. The average molecular weight is 292 g/mol. The molecule has 0 fully saturated rings. The molecule has 0 saturated heterocycles. The Balaban J connectivity index is 3.01. The summed E-state index contributed by atoms with van der Waals surface area (Å²) in [6.45, 7) is 7.96. The van der Waals surface area contributed by atoms with Crippen LogP contribution in [0.4, 0.5) is 0 Å². The molecule has 17 heavy (non-hydrogen) atoms. The first-order valence-corrected chi connectivity index (χ1v) is 6.84. The lowest BCUT2D eigenvalue weighted by Crippen LogP contribution is -1.89. The van der Waals surface area contributed by atoms with Crippen molar-refractivity contribution in [2.45, 2.75) is 25.6 Å². The topological polar surface area (TPSA) is 12.9 Å². The first-order chi connectivity index (χ1) is 8.21. The van der Waals surface area contributed by atoms with Crippen LogP contribution in [0.15, 0.2) is 48.7 Å². The predicted molar refractivity (Wildman–Crippen MR) is 79.1 cm³/mol. The van der Waals surface area contributed by atoms with E-state index in [0.29, 0.717) is 0 Å². The van der Waals surface area contributed by atoms with Gasteiger partial charge in [0.15, 0.2) is 0 Å². The lowest BCUT2D eigenvalue weighted by molar-refractivity contribution is 1.14. The number of rotatable bonds is 5. The van der Waals surface area contributed by atoms with Gasteiger partial charge in [-0.2, -0.15) is 0 Å². The Labute approximate surface area is 112 Å². The number of nitrogens with zero attached hydrogens (tertiary/aromatic N) is 1. The maximum atomic E-state index is 4.39. The molecule has 0 atom stereocenters. The Kier molecular flexibility index (Phi) is 5.92. The molecule has 0 amide bonds. The third-order valence-electron chi connectivity index (χ3n) is 2.52. The number of alkyl halides is 1. The molecule has 0 unspecified atom stereocenters. The highest BCUT2D eigenvalue weighted by molar-refractivity contribution is 9.08. The number of halogens is 1. The van der Waals surface area contributed by atoms with Gasteiger partial charge in [0, 0.05) is 11.5 Å². The quantitative estimate of drug-likeness (QED) is 0.555.